The Kier molecular flexibility index (Phi) is 7.75. The van der Waals surface area contributed by atoms with Crippen LogP contribution in [0.1, 0.15) is 52.4 Å². The number of nitrogens with one attached hydrogen (secondary N) is 1. The van der Waals surface area contributed by atoms with E-state index in [1.165, 1.54) is 22.3 Å². The molecule has 1 aliphatic carbocycles. The molecule has 6 heteroatoms. The van der Waals surface area contributed by atoms with Crippen LogP contribution < -0.4 is 16.0 Å². The van der Waals surface area contributed by atoms with E-state index in [0.29, 0.717) is 5.56 Å². The minimum Gasteiger partial charge on any atom is -0.368 e. The first kappa shape index (κ1) is 25.6. The lowest BCUT2D eigenvalue weighted by Crippen LogP contribution is -2.44. The van der Waals surface area contributed by atoms with E-state index in [0.717, 1.165) is 84.8 Å². The number of rotatable bonds is 6. The molecule has 5 rings (SSSR count). The third-order valence-electron chi connectivity index (χ3n) is 7.34. The topological polar surface area (TPSA) is 58.4 Å². The molecule has 1 saturated heterocycles. The Morgan fingerprint density at radius 2 is 1.77 bits per heavy atom. The summed E-state index contributed by atoms with van der Waals surface area (Å²) in [6.07, 6.45) is 3.79. The van der Waals surface area contributed by atoms with Gasteiger partial charge in [0.05, 0.1) is 11.3 Å². The SMILES string of the molecule is CCCCc1c2c(c(-c3cccc(Cl)c3C)c(N3CCNCC3)c1C(N)=O)-c1ccccc1C2.Cl. The molecule has 3 N–H and O–H groups in total. The summed E-state index contributed by atoms with van der Waals surface area (Å²) in [4.78, 5) is 15.6. The summed E-state index contributed by atoms with van der Waals surface area (Å²) in [5.41, 5.74) is 17.3. The van der Waals surface area contributed by atoms with Crippen LogP contribution in [0.25, 0.3) is 22.3 Å². The minimum atomic E-state index is -0.334. The second kappa shape index (κ2) is 10.6. The molecule has 0 aromatic heterocycles. The number of halogens is 2. The summed E-state index contributed by atoms with van der Waals surface area (Å²) in [7, 11) is 0. The van der Waals surface area contributed by atoms with E-state index in [1.54, 1.807) is 0 Å². The Bertz CT molecular complexity index is 1270. The van der Waals surface area contributed by atoms with E-state index in [9.17, 15) is 4.79 Å². The number of carbonyl (C=O) groups is 1. The van der Waals surface area contributed by atoms with Crippen LogP contribution in [0.3, 0.4) is 0 Å². The summed E-state index contributed by atoms with van der Waals surface area (Å²) < 4.78 is 0. The second-order valence-corrected chi connectivity index (χ2v) is 9.79. The number of anilines is 1. The highest BCUT2D eigenvalue weighted by Crippen LogP contribution is 2.52. The molecule has 0 bridgehead atoms. The van der Waals surface area contributed by atoms with Crippen LogP contribution in [0.4, 0.5) is 5.69 Å². The van der Waals surface area contributed by atoms with Gasteiger partial charge < -0.3 is 16.0 Å². The number of primary amides is 1. The van der Waals surface area contributed by atoms with E-state index in [1.807, 2.05) is 12.1 Å². The van der Waals surface area contributed by atoms with E-state index >= 15 is 0 Å². The smallest absolute Gasteiger partial charge is 0.251 e. The van der Waals surface area contributed by atoms with Gasteiger partial charge in [-0.25, -0.2) is 0 Å². The van der Waals surface area contributed by atoms with Gasteiger partial charge in [0.15, 0.2) is 0 Å². The highest BCUT2D eigenvalue weighted by atomic mass is 35.5. The van der Waals surface area contributed by atoms with Gasteiger partial charge in [0.25, 0.3) is 5.91 Å². The van der Waals surface area contributed by atoms with Gasteiger partial charge in [-0.2, -0.15) is 0 Å². The van der Waals surface area contributed by atoms with Crippen LogP contribution in [0.15, 0.2) is 42.5 Å². The molecule has 3 aromatic rings. The zero-order valence-corrected chi connectivity index (χ0v) is 22.0. The van der Waals surface area contributed by atoms with Crippen molar-refractivity contribution < 1.29 is 4.79 Å². The summed E-state index contributed by atoms with van der Waals surface area (Å²) in [5.74, 6) is -0.334. The van der Waals surface area contributed by atoms with Crippen LogP contribution in [0.2, 0.25) is 5.02 Å². The maximum Gasteiger partial charge on any atom is 0.251 e. The Balaban J connectivity index is 0.00000289. The van der Waals surface area contributed by atoms with E-state index in [2.05, 4.69) is 54.4 Å². The molecular weight excluding hydrogens is 477 g/mol. The summed E-state index contributed by atoms with van der Waals surface area (Å²) in [6, 6.07) is 14.7. The third-order valence-corrected chi connectivity index (χ3v) is 7.75. The predicted molar refractivity (Wildman–Crippen MR) is 149 cm³/mol. The fourth-order valence-electron chi connectivity index (χ4n) is 5.68. The molecule has 1 fully saturated rings. The number of unbranched alkanes of at least 4 members (excludes halogenated alkanes) is 1. The van der Waals surface area contributed by atoms with E-state index in [-0.39, 0.29) is 18.3 Å². The summed E-state index contributed by atoms with van der Waals surface area (Å²) in [6.45, 7) is 7.69. The standard InChI is InChI=1S/C29H32ClN3O.ClH/c1-3-4-9-22-23-17-19-8-5-6-10-21(19)25(23)26(20-11-7-12-24(30)18(20)2)28(27(22)29(31)34)33-15-13-32-14-16-33;/h5-8,10-12,32H,3-4,9,13-17H2,1-2H3,(H2,31,34);1H. The molecule has 1 aliphatic heterocycles. The molecule has 35 heavy (non-hydrogen) atoms. The molecule has 0 saturated carbocycles. The number of hydrogen-bond acceptors (Lipinski definition) is 3. The number of nitrogens with zero attached hydrogens (tertiary/aromatic N) is 1. The number of amides is 1. The van der Waals surface area contributed by atoms with Gasteiger partial charge in [0, 0.05) is 36.8 Å². The summed E-state index contributed by atoms with van der Waals surface area (Å²) >= 11 is 6.64. The number of hydrogen-bond donors (Lipinski definition) is 2. The molecule has 0 radical (unpaired) electrons. The Morgan fingerprint density at radius 3 is 2.49 bits per heavy atom. The molecule has 0 unspecified atom stereocenters. The number of nitrogens with two attached hydrogens (primary N) is 1. The highest BCUT2D eigenvalue weighted by molar-refractivity contribution is 6.32. The van der Waals surface area contributed by atoms with Gasteiger partial charge in [0.2, 0.25) is 0 Å². The average molecular weight is 511 g/mol. The van der Waals surface area contributed by atoms with Crippen LogP contribution in [0.5, 0.6) is 0 Å². The van der Waals surface area contributed by atoms with Crippen molar-refractivity contribution >= 4 is 35.6 Å². The number of fused-ring (bicyclic) bond motifs is 3. The Labute approximate surface area is 219 Å². The fourth-order valence-corrected chi connectivity index (χ4v) is 5.85. The lowest BCUT2D eigenvalue weighted by molar-refractivity contribution is 0.0999. The first-order valence-electron chi connectivity index (χ1n) is 12.3. The molecule has 184 valence electrons. The second-order valence-electron chi connectivity index (χ2n) is 9.38. The molecular formula is C29H33Cl2N3O. The lowest BCUT2D eigenvalue weighted by Gasteiger charge is -2.35. The fraction of sp³-hybridized carbons (Fsp3) is 0.345. The monoisotopic (exact) mass is 509 g/mol. The largest absolute Gasteiger partial charge is 0.368 e. The molecule has 3 aromatic carbocycles. The summed E-state index contributed by atoms with van der Waals surface area (Å²) in [5, 5.41) is 4.19. The van der Waals surface area contributed by atoms with Crippen molar-refractivity contribution in [2.45, 2.75) is 39.5 Å². The van der Waals surface area contributed by atoms with Gasteiger partial charge in [0.1, 0.15) is 0 Å². The Morgan fingerprint density at radius 1 is 1.06 bits per heavy atom. The van der Waals surface area contributed by atoms with Crippen LogP contribution >= 0.6 is 24.0 Å². The molecule has 0 spiro atoms. The molecule has 0 atom stereocenters. The molecule has 1 amide bonds. The lowest BCUT2D eigenvalue weighted by atomic mass is 9.82. The van der Waals surface area contributed by atoms with Crippen LogP contribution in [-0.2, 0) is 12.8 Å². The normalized spacial score (nSPS) is 14.3. The van der Waals surface area contributed by atoms with Gasteiger partial charge in [-0.1, -0.05) is 61.3 Å². The zero-order valence-electron chi connectivity index (χ0n) is 20.4. The Hall–Kier alpha value is -2.53. The van der Waals surface area contributed by atoms with Gasteiger partial charge in [-0.15, -0.1) is 12.4 Å². The van der Waals surface area contributed by atoms with E-state index < -0.39 is 0 Å². The van der Waals surface area contributed by atoms with Crippen molar-refractivity contribution in [3.63, 3.8) is 0 Å². The molecule has 2 aliphatic rings. The highest BCUT2D eigenvalue weighted by Gasteiger charge is 2.34. The van der Waals surface area contributed by atoms with Crippen molar-refractivity contribution in [1.82, 2.24) is 5.32 Å². The van der Waals surface area contributed by atoms with Crippen molar-refractivity contribution in [3.8, 4) is 22.3 Å². The predicted octanol–water partition coefficient (Wildman–Crippen LogP) is 6.16. The third kappa shape index (κ3) is 4.44. The quantitative estimate of drug-likeness (QED) is 0.327. The van der Waals surface area contributed by atoms with Crippen molar-refractivity contribution in [2.24, 2.45) is 5.73 Å². The first-order valence-corrected chi connectivity index (χ1v) is 12.7. The van der Waals surface area contributed by atoms with E-state index in [4.69, 9.17) is 17.3 Å². The molecule has 4 nitrogen and oxygen atoms in total. The maximum absolute atomic E-state index is 13.2. The van der Waals surface area contributed by atoms with Crippen LogP contribution in [0, 0.1) is 6.92 Å². The maximum atomic E-state index is 13.2. The van der Waals surface area contributed by atoms with Gasteiger partial charge in [-0.3, -0.25) is 4.79 Å². The van der Waals surface area contributed by atoms with Crippen molar-refractivity contribution in [1.29, 1.82) is 0 Å². The number of piperazine rings is 1. The van der Waals surface area contributed by atoms with Crippen molar-refractivity contribution in [3.05, 3.63) is 75.3 Å². The number of benzene rings is 3. The molecule has 1 heterocycles. The first-order chi connectivity index (χ1) is 16.5. The van der Waals surface area contributed by atoms with Crippen LogP contribution in [-0.4, -0.2) is 32.1 Å². The van der Waals surface area contributed by atoms with Gasteiger partial charge in [-0.05, 0) is 71.2 Å². The van der Waals surface area contributed by atoms with Crippen molar-refractivity contribution in [2.75, 3.05) is 31.1 Å². The zero-order chi connectivity index (χ0) is 23.8. The average Bonchev–Trinajstić information content (AvgIpc) is 3.23. The number of carbonyl (C=O) groups excluding carboxylic acids is 1. The van der Waals surface area contributed by atoms with Gasteiger partial charge >= 0.3 is 0 Å². The minimum absolute atomic E-state index is 0.